The van der Waals surface area contributed by atoms with E-state index in [9.17, 15) is 0 Å². The smallest absolute Gasteiger partial charge is 0.175 e. The molecule has 0 unspecified atom stereocenters. The molecule has 0 aromatic carbocycles. The predicted octanol–water partition coefficient (Wildman–Crippen LogP) is 1.26. The minimum absolute atomic E-state index is 0.632. The van der Waals surface area contributed by atoms with Crippen molar-refractivity contribution in [2.45, 2.75) is 0 Å². The van der Waals surface area contributed by atoms with Gasteiger partial charge in [0.05, 0.1) is 11.6 Å². The van der Waals surface area contributed by atoms with Gasteiger partial charge in [-0.25, -0.2) is 9.67 Å². The molecule has 0 saturated carbocycles. The summed E-state index contributed by atoms with van der Waals surface area (Å²) in [6, 6.07) is 11.4. The number of aromatic nitrogens is 5. The summed E-state index contributed by atoms with van der Waals surface area (Å²) in [6.07, 6.45) is 5.23. The van der Waals surface area contributed by atoms with Crippen LogP contribution in [0.2, 0.25) is 0 Å². The predicted molar refractivity (Wildman–Crippen MR) is 92.5 cm³/mol. The summed E-state index contributed by atoms with van der Waals surface area (Å²) in [4.78, 5) is 8.75. The van der Waals surface area contributed by atoms with Crippen LogP contribution < -0.4 is 9.80 Å². The highest BCUT2D eigenvalue weighted by atomic mass is 15.4. The van der Waals surface area contributed by atoms with Crippen molar-refractivity contribution >= 4 is 11.6 Å². The Kier molecular flexibility index (Phi) is 3.96. The third-order valence-electron chi connectivity index (χ3n) is 4.18. The van der Waals surface area contributed by atoms with Crippen molar-refractivity contribution in [3.05, 3.63) is 54.5 Å². The number of hydrogen-bond donors (Lipinski definition) is 0. The number of piperazine rings is 1. The molecule has 25 heavy (non-hydrogen) atoms. The second-order valence-corrected chi connectivity index (χ2v) is 5.69. The van der Waals surface area contributed by atoms with E-state index in [1.807, 2.05) is 30.5 Å². The minimum atomic E-state index is 0.632. The molecule has 0 bridgehead atoms. The fourth-order valence-electron chi connectivity index (χ4n) is 2.84. The van der Waals surface area contributed by atoms with Gasteiger partial charge < -0.3 is 9.80 Å². The third kappa shape index (κ3) is 3.12. The first kappa shape index (κ1) is 15.1. The van der Waals surface area contributed by atoms with Crippen molar-refractivity contribution in [1.29, 1.82) is 5.26 Å². The van der Waals surface area contributed by atoms with Gasteiger partial charge in [0.1, 0.15) is 5.82 Å². The molecule has 3 aromatic rings. The SMILES string of the molecule is N#Cc1ccnc(N2CCN(c3ccc(-n4cccn4)nn3)CC2)c1. The summed E-state index contributed by atoms with van der Waals surface area (Å²) >= 11 is 0. The van der Waals surface area contributed by atoms with Crippen LogP contribution in [0.4, 0.5) is 11.6 Å². The number of pyridine rings is 1. The second kappa shape index (κ2) is 6.57. The van der Waals surface area contributed by atoms with Crippen molar-refractivity contribution in [3.63, 3.8) is 0 Å². The van der Waals surface area contributed by atoms with Gasteiger partial charge in [0.15, 0.2) is 11.6 Å². The van der Waals surface area contributed by atoms with Crippen molar-refractivity contribution in [2.24, 2.45) is 0 Å². The highest BCUT2D eigenvalue weighted by Crippen LogP contribution is 2.18. The van der Waals surface area contributed by atoms with E-state index < -0.39 is 0 Å². The van der Waals surface area contributed by atoms with E-state index in [4.69, 9.17) is 5.26 Å². The molecule has 0 aliphatic carbocycles. The molecule has 0 amide bonds. The van der Waals surface area contributed by atoms with Crippen LogP contribution in [0.15, 0.2) is 48.9 Å². The number of hydrogen-bond acceptors (Lipinski definition) is 7. The van der Waals surface area contributed by atoms with Crippen LogP contribution in [0.3, 0.4) is 0 Å². The minimum Gasteiger partial charge on any atom is -0.353 e. The lowest BCUT2D eigenvalue weighted by Gasteiger charge is -2.35. The lowest BCUT2D eigenvalue weighted by Crippen LogP contribution is -2.47. The molecule has 3 aromatic heterocycles. The first-order valence-electron chi connectivity index (χ1n) is 8.03. The standard InChI is InChI=1S/C17H16N8/c18-13-14-4-6-19-17(12-14)24-10-8-23(9-11-24)15-2-3-16(22-21-15)25-7-1-5-20-25/h1-7,12H,8-11H2. The fraction of sp³-hybridized carbons (Fsp3) is 0.235. The zero-order valence-electron chi connectivity index (χ0n) is 13.5. The first-order valence-corrected chi connectivity index (χ1v) is 8.03. The molecule has 0 radical (unpaired) electrons. The maximum absolute atomic E-state index is 9.02. The summed E-state index contributed by atoms with van der Waals surface area (Å²) in [5.41, 5.74) is 0.632. The molecule has 8 heteroatoms. The van der Waals surface area contributed by atoms with Gasteiger partial charge >= 0.3 is 0 Å². The highest BCUT2D eigenvalue weighted by Gasteiger charge is 2.19. The number of nitriles is 1. The topological polar surface area (TPSA) is 86.8 Å². The van der Waals surface area contributed by atoms with Gasteiger partial charge in [-0.3, -0.25) is 0 Å². The molecular weight excluding hydrogens is 316 g/mol. The van der Waals surface area contributed by atoms with Gasteiger partial charge in [0.25, 0.3) is 0 Å². The van der Waals surface area contributed by atoms with E-state index in [1.54, 1.807) is 23.1 Å². The Hall–Kier alpha value is -3.47. The Morgan fingerprint density at radius 3 is 2.24 bits per heavy atom. The molecule has 1 aliphatic heterocycles. The Balaban J connectivity index is 1.42. The highest BCUT2D eigenvalue weighted by molar-refractivity contribution is 5.48. The molecule has 124 valence electrons. The maximum Gasteiger partial charge on any atom is 0.175 e. The normalized spacial score (nSPS) is 14.4. The molecule has 0 N–H and O–H groups in total. The first-order chi connectivity index (χ1) is 12.3. The van der Waals surface area contributed by atoms with Crippen LogP contribution in [0, 0.1) is 11.3 Å². The molecule has 1 aliphatic rings. The lowest BCUT2D eigenvalue weighted by atomic mass is 10.2. The van der Waals surface area contributed by atoms with E-state index in [-0.39, 0.29) is 0 Å². The zero-order chi connectivity index (χ0) is 17.1. The van der Waals surface area contributed by atoms with Gasteiger partial charge in [-0.05, 0) is 30.3 Å². The molecular formula is C17H16N8. The maximum atomic E-state index is 9.02. The second-order valence-electron chi connectivity index (χ2n) is 5.69. The van der Waals surface area contributed by atoms with Crippen LogP contribution in [-0.2, 0) is 0 Å². The Morgan fingerprint density at radius 2 is 1.60 bits per heavy atom. The van der Waals surface area contributed by atoms with Crippen LogP contribution in [0.25, 0.3) is 5.82 Å². The van der Waals surface area contributed by atoms with Gasteiger partial charge in [-0.2, -0.15) is 10.4 Å². The molecule has 0 atom stereocenters. The Labute approximate surface area is 145 Å². The molecule has 4 heterocycles. The number of rotatable bonds is 3. The summed E-state index contributed by atoms with van der Waals surface area (Å²) in [5.74, 6) is 2.40. The van der Waals surface area contributed by atoms with Crippen molar-refractivity contribution in [1.82, 2.24) is 25.0 Å². The zero-order valence-corrected chi connectivity index (χ0v) is 13.5. The van der Waals surface area contributed by atoms with Crippen molar-refractivity contribution in [2.75, 3.05) is 36.0 Å². The summed E-state index contributed by atoms with van der Waals surface area (Å²) in [6.45, 7) is 3.30. The lowest BCUT2D eigenvalue weighted by molar-refractivity contribution is 0.637. The van der Waals surface area contributed by atoms with Crippen molar-refractivity contribution < 1.29 is 0 Å². The van der Waals surface area contributed by atoms with E-state index >= 15 is 0 Å². The number of anilines is 2. The Morgan fingerprint density at radius 1 is 0.880 bits per heavy atom. The summed E-state index contributed by atoms with van der Waals surface area (Å²) in [7, 11) is 0. The van der Waals surface area contributed by atoms with Gasteiger partial charge in [-0.1, -0.05) is 0 Å². The van der Waals surface area contributed by atoms with E-state index in [0.29, 0.717) is 11.4 Å². The van der Waals surface area contributed by atoms with Crippen molar-refractivity contribution in [3.8, 4) is 11.9 Å². The molecule has 0 spiro atoms. The fourth-order valence-corrected chi connectivity index (χ4v) is 2.84. The van der Waals surface area contributed by atoms with Crippen LogP contribution in [0.1, 0.15) is 5.56 Å². The summed E-state index contributed by atoms with van der Waals surface area (Å²) < 4.78 is 1.68. The average molecular weight is 332 g/mol. The molecule has 4 rings (SSSR count). The average Bonchev–Trinajstić information content (AvgIpc) is 3.23. The largest absolute Gasteiger partial charge is 0.353 e. The third-order valence-corrected chi connectivity index (χ3v) is 4.18. The monoisotopic (exact) mass is 332 g/mol. The van der Waals surface area contributed by atoms with Crippen LogP contribution in [-0.4, -0.2) is 51.1 Å². The van der Waals surface area contributed by atoms with Gasteiger partial charge in [-0.15, -0.1) is 10.2 Å². The molecule has 1 fully saturated rings. The van der Waals surface area contributed by atoms with Crippen LogP contribution >= 0.6 is 0 Å². The van der Waals surface area contributed by atoms with Crippen LogP contribution in [0.5, 0.6) is 0 Å². The van der Waals surface area contributed by atoms with E-state index in [0.717, 1.165) is 37.8 Å². The number of nitrogens with zero attached hydrogens (tertiary/aromatic N) is 8. The van der Waals surface area contributed by atoms with E-state index in [1.165, 1.54) is 0 Å². The molecule has 8 nitrogen and oxygen atoms in total. The Bertz CT molecular complexity index is 874. The quantitative estimate of drug-likeness (QED) is 0.713. The summed E-state index contributed by atoms with van der Waals surface area (Å²) in [5, 5.41) is 21.7. The van der Waals surface area contributed by atoms with Gasteiger partial charge in [0.2, 0.25) is 0 Å². The van der Waals surface area contributed by atoms with Gasteiger partial charge in [0, 0.05) is 44.8 Å². The molecule has 1 saturated heterocycles. The van der Waals surface area contributed by atoms with E-state index in [2.05, 4.69) is 36.1 Å².